The van der Waals surface area contributed by atoms with E-state index in [4.69, 9.17) is 14.2 Å². The highest BCUT2D eigenvalue weighted by atomic mass is 16.6. The minimum absolute atomic E-state index is 0.0294. The average molecular weight is 387 g/mol. The number of hydrogen-bond acceptors (Lipinski definition) is 5. The molecule has 1 heterocycles. The van der Waals surface area contributed by atoms with Crippen molar-refractivity contribution in [3.63, 3.8) is 0 Å². The van der Waals surface area contributed by atoms with Gasteiger partial charge in [-0.05, 0) is 50.0 Å². The lowest BCUT2D eigenvalue weighted by Crippen LogP contribution is -2.42. The van der Waals surface area contributed by atoms with Crippen LogP contribution in [0, 0.1) is 17.8 Å². The summed E-state index contributed by atoms with van der Waals surface area (Å²) in [5.74, 6) is 0.994. The number of benzene rings is 1. The van der Waals surface area contributed by atoms with Gasteiger partial charge >= 0.3 is 12.1 Å². The van der Waals surface area contributed by atoms with Gasteiger partial charge in [0.25, 0.3) is 0 Å². The van der Waals surface area contributed by atoms with Gasteiger partial charge in [0.1, 0.15) is 6.61 Å². The molecule has 1 aromatic rings. The van der Waals surface area contributed by atoms with Crippen molar-refractivity contribution in [3.8, 4) is 0 Å². The van der Waals surface area contributed by atoms with E-state index in [9.17, 15) is 9.59 Å². The van der Waals surface area contributed by atoms with Gasteiger partial charge in [-0.25, -0.2) is 4.79 Å². The quantitative estimate of drug-likeness (QED) is 0.700. The first-order chi connectivity index (χ1) is 13.7. The predicted octanol–water partition coefficient (Wildman–Crippen LogP) is 3.39. The first kappa shape index (κ1) is 19.2. The van der Waals surface area contributed by atoms with E-state index >= 15 is 0 Å². The fraction of sp³-hybridized carbons (Fsp3) is 0.636. The molecule has 152 valence electrons. The van der Waals surface area contributed by atoms with Gasteiger partial charge in [0.15, 0.2) is 0 Å². The molecule has 1 amide bonds. The molecule has 28 heavy (non-hydrogen) atoms. The Kier molecular flexibility index (Phi) is 5.85. The molecule has 2 aliphatic carbocycles. The number of esters is 1. The molecule has 3 aliphatic rings. The maximum absolute atomic E-state index is 12.2. The van der Waals surface area contributed by atoms with Crippen LogP contribution in [0.3, 0.4) is 0 Å². The summed E-state index contributed by atoms with van der Waals surface area (Å²) in [5.41, 5.74) is 0.995. The van der Waals surface area contributed by atoms with Crippen LogP contribution in [-0.4, -0.2) is 48.9 Å². The minimum Gasteiger partial charge on any atom is -0.466 e. The molecular weight excluding hydrogens is 358 g/mol. The molecule has 6 nitrogen and oxygen atoms in total. The molecule has 0 radical (unpaired) electrons. The maximum atomic E-state index is 12.2. The lowest BCUT2D eigenvalue weighted by Gasteiger charge is -2.33. The van der Waals surface area contributed by atoms with Crippen molar-refractivity contribution < 1.29 is 23.8 Å². The van der Waals surface area contributed by atoms with Crippen molar-refractivity contribution in [1.82, 2.24) is 4.90 Å². The van der Waals surface area contributed by atoms with Crippen molar-refractivity contribution in [2.45, 2.75) is 51.4 Å². The fourth-order valence-corrected chi connectivity index (χ4v) is 4.75. The maximum Gasteiger partial charge on any atom is 0.410 e. The number of hydrogen-bond donors (Lipinski definition) is 0. The number of nitrogens with zero attached hydrogens (tertiary/aromatic N) is 1. The summed E-state index contributed by atoms with van der Waals surface area (Å²) < 4.78 is 16.8. The molecule has 1 aromatic carbocycles. The Hall–Kier alpha value is -2.08. The number of rotatable bonds is 6. The summed E-state index contributed by atoms with van der Waals surface area (Å²) in [6.07, 6.45) is 3.81. The Bertz CT molecular complexity index is 673. The van der Waals surface area contributed by atoms with E-state index in [2.05, 4.69) is 0 Å². The topological polar surface area (TPSA) is 65.1 Å². The molecule has 6 heteroatoms. The molecule has 0 bridgehead atoms. The molecular formula is C22H29NO5. The third-order valence-corrected chi connectivity index (χ3v) is 6.25. The Balaban J connectivity index is 1.14. The van der Waals surface area contributed by atoms with Gasteiger partial charge in [-0.2, -0.15) is 0 Å². The lowest BCUT2D eigenvalue weighted by molar-refractivity contribution is -0.146. The van der Waals surface area contributed by atoms with Crippen molar-refractivity contribution in [2.24, 2.45) is 17.8 Å². The molecule has 1 aliphatic heterocycles. The van der Waals surface area contributed by atoms with Crippen LogP contribution in [0.15, 0.2) is 30.3 Å². The molecule has 0 N–H and O–H groups in total. The second-order valence-corrected chi connectivity index (χ2v) is 8.06. The molecule has 4 atom stereocenters. The number of ether oxygens (including phenoxy) is 3. The molecule has 1 saturated heterocycles. The summed E-state index contributed by atoms with van der Waals surface area (Å²) in [6.45, 7) is 3.96. The van der Waals surface area contributed by atoms with Gasteiger partial charge in [-0.15, -0.1) is 0 Å². The molecule has 1 unspecified atom stereocenters. The zero-order valence-electron chi connectivity index (χ0n) is 16.4. The molecule has 3 fully saturated rings. The Morgan fingerprint density at radius 2 is 1.68 bits per heavy atom. The fourth-order valence-electron chi connectivity index (χ4n) is 4.75. The number of likely N-dealkylation sites (tertiary alicyclic amines) is 1. The lowest BCUT2D eigenvalue weighted by atomic mass is 10.1. The highest BCUT2D eigenvalue weighted by Gasteiger charge is 2.60. The van der Waals surface area contributed by atoms with E-state index in [0.717, 1.165) is 31.2 Å². The van der Waals surface area contributed by atoms with Crippen molar-refractivity contribution in [1.29, 1.82) is 0 Å². The second kappa shape index (κ2) is 8.52. The van der Waals surface area contributed by atoms with Crippen LogP contribution in [0.4, 0.5) is 4.79 Å². The Morgan fingerprint density at radius 1 is 1.00 bits per heavy atom. The number of amides is 1. The normalized spacial score (nSPS) is 29.2. The average Bonchev–Trinajstić information content (AvgIpc) is 3.23. The number of carbonyl (C=O) groups is 2. The summed E-state index contributed by atoms with van der Waals surface area (Å²) in [5, 5.41) is 0. The van der Waals surface area contributed by atoms with E-state index in [1.54, 1.807) is 4.90 Å². The molecule has 0 spiro atoms. The van der Waals surface area contributed by atoms with Gasteiger partial charge in [0, 0.05) is 13.1 Å². The van der Waals surface area contributed by atoms with Crippen LogP contribution >= 0.6 is 0 Å². The summed E-state index contributed by atoms with van der Waals surface area (Å²) in [6, 6.07) is 9.72. The zero-order chi connectivity index (χ0) is 19.5. The highest BCUT2D eigenvalue weighted by molar-refractivity contribution is 5.76. The van der Waals surface area contributed by atoms with Gasteiger partial charge in [0.2, 0.25) is 0 Å². The summed E-state index contributed by atoms with van der Waals surface area (Å²) in [4.78, 5) is 25.9. The van der Waals surface area contributed by atoms with Crippen molar-refractivity contribution >= 4 is 12.1 Å². The van der Waals surface area contributed by atoms with E-state index in [1.165, 1.54) is 0 Å². The largest absolute Gasteiger partial charge is 0.466 e. The van der Waals surface area contributed by atoms with Crippen molar-refractivity contribution in [2.75, 3.05) is 19.7 Å². The molecule has 0 aromatic heterocycles. The van der Waals surface area contributed by atoms with Crippen LogP contribution < -0.4 is 0 Å². The van der Waals surface area contributed by atoms with Crippen LogP contribution in [0.5, 0.6) is 0 Å². The van der Waals surface area contributed by atoms with Gasteiger partial charge in [0.05, 0.1) is 24.7 Å². The van der Waals surface area contributed by atoms with E-state index in [-0.39, 0.29) is 30.2 Å². The molecule has 2 saturated carbocycles. The smallest absolute Gasteiger partial charge is 0.410 e. The van der Waals surface area contributed by atoms with Crippen molar-refractivity contribution in [3.05, 3.63) is 35.9 Å². The van der Waals surface area contributed by atoms with Gasteiger partial charge in [-0.3, -0.25) is 4.79 Å². The van der Waals surface area contributed by atoms with Gasteiger partial charge in [-0.1, -0.05) is 30.3 Å². The Morgan fingerprint density at radius 3 is 2.32 bits per heavy atom. The van der Waals surface area contributed by atoms with Crippen LogP contribution in [0.1, 0.15) is 38.2 Å². The third-order valence-electron chi connectivity index (χ3n) is 6.25. The van der Waals surface area contributed by atoms with Crippen LogP contribution in [-0.2, 0) is 25.6 Å². The first-order valence-corrected chi connectivity index (χ1v) is 10.4. The highest BCUT2D eigenvalue weighted by Crippen LogP contribution is 2.58. The van der Waals surface area contributed by atoms with Crippen LogP contribution in [0.25, 0.3) is 0 Å². The first-order valence-electron chi connectivity index (χ1n) is 10.4. The summed E-state index contributed by atoms with van der Waals surface area (Å²) >= 11 is 0. The van der Waals surface area contributed by atoms with E-state index < -0.39 is 0 Å². The number of piperidine rings is 1. The van der Waals surface area contributed by atoms with Gasteiger partial charge < -0.3 is 19.1 Å². The number of fused-ring (bicyclic) bond motifs is 1. The SMILES string of the molecule is CCOC(=O)[C@@H]1C2C[C@@H](OC3CCN(C(=O)OCc4ccccc4)CC3)C[C@@H]21. The monoisotopic (exact) mass is 387 g/mol. The summed E-state index contributed by atoms with van der Waals surface area (Å²) in [7, 11) is 0. The predicted molar refractivity (Wildman–Crippen MR) is 102 cm³/mol. The Labute approximate surface area is 166 Å². The second-order valence-electron chi connectivity index (χ2n) is 8.06. The minimum atomic E-state index is -0.248. The standard InChI is InChI=1S/C22H29NO5/c1-2-26-21(24)20-18-12-17(13-19(18)20)28-16-8-10-23(11-9-16)22(25)27-14-15-6-4-3-5-7-15/h3-7,16-20H,2,8-14H2,1H3/t17-,18-,19?,20-/m0/s1. The zero-order valence-corrected chi connectivity index (χ0v) is 16.4. The molecule has 4 rings (SSSR count). The van der Waals surface area contributed by atoms with E-state index in [1.807, 2.05) is 37.3 Å². The third kappa shape index (κ3) is 4.32. The number of carbonyl (C=O) groups excluding carboxylic acids is 2. The van der Waals surface area contributed by atoms with E-state index in [0.29, 0.717) is 38.1 Å². The van der Waals surface area contributed by atoms with Crippen LogP contribution in [0.2, 0.25) is 0 Å².